The third kappa shape index (κ3) is 8.36. The summed E-state index contributed by atoms with van der Waals surface area (Å²) in [4.78, 5) is 23.2. The topological polar surface area (TPSA) is 116 Å². The van der Waals surface area contributed by atoms with Gasteiger partial charge in [0.25, 0.3) is 5.69 Å². The number of nitro benzene ring substituents is 1. The zero-order valence-electron chi connectivity index (χ0n) is 28.4. The first-order valence-electron chi connectivity index (χ1n) is 17.0. The molecule has 0 saturated heterocycles. The summed E-state index contributed by atoms with van der Waals surface area (Å²) in [7, 11) is -3.04. The van der Waals surface area contributed by atoms with Gasteiger partial charge in [-0.05, 0) is 96.2 Å². The molecule has 0 bridgehead atoms. The zero-order chi connectivity index (χ0) is 35.8. The number of ether oxygens (including phenoxy) is 2. The van der Waals surface area contributed by atoms with Crippen molar-refractivity contribution in [1.29, 1.82) is 0 Å². The Balaban J connectivity index is 1.23. The molecule has 0 amide bonds. The molecule has 5 aromatic rings. The number of fused-ring (bicyclic) bond motifs is 1. The van der Waals surface area contributed by atoms with Gasteiger partial charge in [0.2, 0.25) is 10.0 Å². The standard InChI is InChI=1S/C41H40N2O7S/c1-49-41(44)35-24-25-36-34(28-35)13-9-15-37(36)42(51(47,48)40-17-8-6-14-38(40)43(45)46)27-26-33-12-5-7-16-39(33)50-29-32-22-20-31(21-23-32)19-18-30-10-3-2-4-11-30/h2-8,10-12,14,16-17,20-25,28,37H,9,13,15,18-19,26-27,29H2,1H3. The van der Waals surface area contributed by atoms with E-state index in [0.717, 1.165) is 35.1 Å². The quantitative estimate of drug-likeness (QED) is 0.0652. The third-order valence-electron chi connectivity index (χ3n) is 9.38. The summed E-state index contributed by atoms with van der Waals surface area (Å²) in [6.07, 6.45) is 4.08. The summed E-state index contributed by atoms with van der Waals surface area (Å²) in [5.41, 5.74) is 5.91. The van der Waals surface area contributed by atoms with Crippen LogP contribution in [0, 0.1) is 10.1 Å². The lowest BCUT2D eigenvalue weighted by Crippen LogP contribution is -2.38. The van der Waals surface area contributed by atoms with Crippen LogP contribution >= 0.6 is 0 Å². The van der Waals surface area contributed by atoms with Gasteiger partial charge in [-0.15, -0.1) is 0 Å². The van der Waals surface area contributed by atoms with Crippen molar-refractivity contribution in [3.05, 3.63) is 170 Å². The monoisotopic (exact) mass is 704 g/mol. The van der Waals surface area contributed by atoms with E-state index in [4.69, 9.17) is 9.47 Å². The molecule has 10 heteroatoms. The summed E-state index contributed by atoms with van der Waals surface area (Å²) in [5.74, 6) is 0.167. The number of nitro groups is 1. The van der Waals surface area contributed by atoms with Crippen LogP contribution in [0.3, 0.4) is 0 Å². The van der Waals surface area contributed by atoms with Gasteiger partial charge in [-0.1, -0.05) is 91.0 Å². The third-order valence-corrected chi connectivity index (χ3v) is 11.3. The Morgan fingerprint density at radius 2 is 1.49 bits per heavy atom. The second kappa shape index (κ2) is 16.1. The number of carbonyl (C=O) groups is 1. The van der Waals surface area contributed by atoms with Crippen molar-refractivity contribution in [1.82, 2.24) is 4.31 Å². The molecule has 262 valence electrons. The minimum absolute atomic E-state index is 0.0493. The first-order chi connectivity index (χ1) is 24.7. The summed E-state index contributed by atoms with van der Waals surface area (Å²) in [6, 6.07) is 36.3. The molecule has 0 fully saturated rings. The second-order valence-corrected chi connectivity index (χ2v) is 14.5. The summed E-state index contributed by atoms with van der Waals surface area (Å²) < 4.78 is 41.5. The Labute approximate surface area is 298 Å². The number of benzene rings is 5. The van der Waals surface area contributed by atoms with E-state index in [1.807, 2.05) is 30.3 Å². The number of methoxy groups -OCH3 is 1. The lowest BCUT2D eigenvalue weighted by atomic mass is 9.86. The van der Waals surface area contributed by atoms with Gasteiger partial charge in [0.15, 0.2) is 4.90 Å². The molecule has 5 aromatic carbocycles. The Bertz CT molecular complexity index is 2100. The van der Waals surface area contributed by atoms with Crippen LogP contribution in [0.1, 0.15) is 62.6 Å². The highest BCUT2D eigenvalue weighted by Crippen LogP contribution is 2.40. The number of hydrogen-bond donors (Lipinski definition) is 0. The van der Waals surface area contributed by atoms with Crippen LogP contribution in [0.5, 0.6) is 5.75 Å². The fourth-order valence-corrected chi connectivity index (χ4v) is 8.50. The van der Waals surface area contributed by atoms with E-state index in [9.17, 15) is 23.3 Å². The fourth-order valence-electron chi connectivity index (χ4n) is 6.71. The molecule has 51 heavy (non-hydrogen) atoms. The molecular weight excluding hydrogens is 665 g/mol. The second-order valence-electron chi connectivity index (χ2n) is 12.6. The Hall–Kier alpha value is -5.32. The zero-order valence-corrected chi connectivity index (χ0v) is 29.3. The van der Waals surface area contributed by atoms with Crippen molar-refractivity contribution in [3.8, 4) is 5.75 Å². The van der Waals surface area contributed by atoms with Crippen LogP contribution in [-0.4, -0.2) is 37.3 Å². The maximum absolute atomic E-state index is 14.5. The van der Waals surface area contributed by atoms with E-state index < -0.39 is 32.6 Å². The number of aryl methyl sites for hydroxylation is 3. The molecule has 0 N–H and O–H groups in total. The number of sulfonamides is 1. The van der Waals surface area contributed by atoms with Gasteiger partial charge in [-0.25, -0.2) is 13.2 Å². The van der Waals surface area contributed by atoms with Gasteiger partial charge in [-0.2, -0.15) is 4.31 Å². The van der Waals surface area contributed by atoms with Crippen LogP contribution < -0.4 is 4.74 Å². The van der Waals surface area contributed by atoms with E-state index in [1.54, 1.807) is 18.2 Å². The summed E-state index contributed by atoms with van der Waals surface area (Å²) in [6.45, 7) is 0.389. The molecule has 0 aromatic heterocycles. The molecule has 6 rings (SSSR count). The average Bonchev–Trinajstić information content (AvgIpc) is 3.17. The maximum atomic E-state index is 14.5. The largest absolute Gasteiger partial charge is 0.489 e. The number of para-hydroxylation sites is 2. The Morgan fingerprint density at radius 3 is 2.24 bits per heavy atom. The van der Waals surface area contributed by atoms with Crippen molar-refractivity contribution in [2.24, 2.45) is 0 Å². The molecule has 1 aliphatic rings. The molecule has 1 atom stereocenters. The predicted molar refractivity (Wildman–Crippen MR) is 195 cm³/mol. The molecule has 0 radical (unpaired) electrons. The van der Waals surface area contributed by atoms with Gasteiger partial charge in [0.05, 0.1) is 23.6 Å². The predicted octanol–water partition coefficient (Wildman–Crippen LogP) is 8.06. The van der Waals surface area contributed by atoms with E-state index in [0.29, 0.717) is 43.6 Å². The number of carbonyl (C=O) groups excluding carboxylic acids is 1. The van der Waals surface area contributed by atoms with Gasteiger partial charge >= 0.3 is 5.97 Å². The Morgan fingerprint density at radius 1 is 0.824 bits per heavy atom. The summed E-state index contributed by atoms with van der Waals surface area (Å²) >= 11 is 0. The van der Waals surface area contributed by atoms with Crippen molar-refractivity contribution < 1.29 is 27.6 Å². The molecular formula is C41H40N2O7S. The van der Waals surface area contributed by atoms with Crippen molar-refractivity contribution in [3.63, 3.8) is 0 Å². The SMILES string of the molecule is COC(=O)c1ccc2c(c1)CCCC2N(CCc1ccccc1OCc1ccc(CCc2ccccc2)cc1)S(=O)(=O)c1ccccc1[N+](=O)[O-]. The van der Waals surface area contributed by atoms with Crippen LogP contribution in [0.25, 0.3) is 0 Å². The average molecular weight is 705 g/mol. The molecule has 0 spiro atoms. The van der Waals surface area contributed by atoms with Crippen LogP contribution in [0.15, 0.2) is 126 Å². The van der Waals surface area contributed by atoms with E-state index >= 15 is 0 Å². The van der Waals surface area contributed by atoms with E-state index in [1.165, 1.54) is 46.8 Å². The van der Waals surface area contributed by atoms with Gasteiger partial charge in [-0.3, -0.25) is 10.1 Å². The van der Waals surface area contributed by atoms with Crippen molar-refractivity contribution in [2.75, 3.05) is 13.7 Å². The van der Waals surface area contributed by atoms with Gasteiger partial charge in [0.1, 0.15) is 12.4 Å². The molecule has 0 heterocycles. The molecule has 1 aliphatic carbocycles. The van der Waals surface area contributed by atoms with Gasteiger partial charge in [0, 0.05) is 12.6 Å². The molecule has 1 unspecified atom stereocenters. The van der Waals surface area contributed by atoms with Crippen molar-refractivity contribution >= 4 is 21.7 Å². The molecule has 0 aliphatic heterocycles. The summed E-state index contributed by atoms with van der Waals surface area (Å²) in [5, 5.41) is 12.0. The highest BCUT2D eigenvalue weighted by molar-refractivity contribution is 7.89. The minimum atomic E-state index is -4.36. The Kier molecular flexibility index (Phi) is 11.2. The lowest BCUT2D eigenvalue weighted by molar-refractivity contribution is -0.387. The van der Waals surface area contributed by atoms with E-state index in [2.05, 4.69) is 48.5 Å². The first-order valence-corrected chi connectivity index (χ1v) is 18.5. The van der Waals surface area contributed by atoms with E-state index in [-0.39, 0.29) is 11.4 Å². The van der Waals surface area contributed by atoms with Crippen LogP contribution in [0.4, 0.5) is 5.69 Å². The number of esters is 1. The fraction of sp³-hybridized carbons (Fsp3) is 0.244. The smallest absolute Gasteiger partial charge is 0.337 e. The maximum Gasteiger partial charge on any atom is 0.337 e. The van der Waals surface area contributed by atoms with Crippen molar-refractivity contribution in [2.45, 2.75) is 56.1 Å². The molecule has 9 nitrogen and oxygen atoms in total. The van der Waals surface area contributed by atoms with Crippen LogP contribution in [0.2, 0.25) is 0 Å². The minimum Gasteiger partial charge on any atom is -0.489 e. The van der Waals surface area contributed by atoms with Gasteiger partial charge < -0.3 is 9.47 Å². The lowest BCUT2D eigenvalue weighted by Gasteiger charge is -2.35. The highest BCUT2D eigenvalue weighted by atomic mass is 32.2. The molecule has 0 saturated carbocycles. The number of hydrogen-bond acceptors (Lipinski definition) is 7. The van der Waals surface area contributed by atoms with Crippen LogP contribution in [-0.2, 0) is 47.1 Å². The first kappa shape index (κ1) is 35.5. The normalized spacial score (nSPS) is 14.1. The number of rotatable bonds is 14. The highest BCUT2D eigenvalue weighted by Gasteiger charge is 2.38. The number of nitrogens with zero attached hydrogens (tertiary/aromatic N) is 2.